The normalized spacial score (nSPS) is 18.6. The van der Waals surface area contributed by atoms with Crippen LogP contribution in [0, 0.1) is 5.41 Å². The molecule has 1 aliphatic rings. The van der Waals surface area contributed by atoms with Gasteiger partial charge in [-0.25, -0.2) is 4.99 Å². The number of hydrogen-bond donors (Lipinski definition) is 1. The van der Waals surface area contributed by atoms with Gasteiger partial charge in [-0.2, -0.15) is 18.3 Å². The molecule has 1 aliphatic heterocycles. The zero-order valence-corrected chi connectivity index (χ0v) is 14.0. The quantitative estimate of drug-likeness (QED) is 0.684. The van der Waals surface area contributed by atoms with E-state index in [1.54, 1.807) is 0 Å². The van der Waals surface area contributed by atoms with Gasteiger partial charge < -0.3 is 10.2 Å². The highest BCUT2D eigenvalue weighted by Gasteiger charge is 2.37. The molecule has 1 N–H and O–H groups in total. The number of halogens is 3. The fraction of sp³-hybridized carbons (Fsp3) is 0.733. The van der Waals surface area contributed by atoms with Gasteiger partial charge in [-0.05, 0) is 18.8 Å². The summed E-state index contributed by atoms with van der Waals surface area (Å²) in [6.07, 6.45) is -2.04. The lowest BCUT2D eigenvalue weighted by Crippen LogP contribution is -2.40. The Balaban J connectivity index is 2.19. The largest absolute Gasteiger partial charge is 0.435 e. The second-order valence-corrected chi connectivity index (χ2v) is 6.68. The van der Waals surface area contributed by atoms with E-state index in [4.69, 9.17) is 0 Å². The number of aliphatic imine (C=N–C) groups is 1. The van der Waals surface area contributed by atoms with Gasteiger partial charge in [0.25, 0.3) is 0 Å². The summed E-state index contributed by atoms with van der Waals surface area (Å²) < 4.78 is 40.1. The third-order valence-corrected chi connectivity index (χ3v) is 3.88. The smallest absolute Gasteiger partial charge is 0.357 e. The van der Waals surface area contributed by atoms with Crippen molar-refractivity contribution in [1.29, 1.82) is 0 Å². The standard InChI is InChI=1S/C15H24F3N5/c1-5-19-13(23-7-6-14(2,3)10-23)20-8-11-9-22(4)21-12(11)15(16,17)18/h9H,5-8,10H2,1-4H3,(H,19,20). The Hall–Kier alpha value is -1.73. The minimum Gasteiger partial charge on any atom is -0.357 e. The van der Waals surface area contributed by atoms with Crippen LogP contribution in [0.1, 0.15) is 38.4 Å². The number of guanidine groups is 1. The van der Waals surface area contributed by atoms with Gasteiger partial charge in [0, 0.05) is 38.4 Å². The number of rotatable bonds is 3. The molecule has 2 rings (SSSR count). The Labute approximate surface area is 134 Å². The van der Waals surface area contributed by atoms with Crippen LogP contribution >= 0.6 is 0 Å². The molecule has 1 aromatic rings. The first-order valence-electron chi connectivity index (χ1n) is 7.75. The summed E-state index contributed by atoms with van der Waals surface area (Å²) in [5.74, 6) is 0.662. The first kappa shape index (κ1) is 17.6. The van der Waals surface area contributed by atoms with Crippen LogP contribution in [0.2, 0.25) is 0 Å². The highest BCUT2D eigenvalue weighted by Crippen LogP contribution is 2.31. The molecule has 5 nitrogen and oxygen atoms in total. The number of nitrogens with zero attached hydrogens (tertiary/aromatic N) is 4. The third-order valence-electron chi connectivity index (χ3n) is 3.88. The average molecular weight is 331 g/mol. The van der Waals surface area contributed by atoms with Crippen LogP contribution in [-0.2, 0) is 19.8 Å². The molecule has 0 unspecified atom stereocenters. The van der Waals surface area contributed by atoms with Crippen LogP contribution in [0.25, 0.3) is 0 Å². The molecule has 1 fully saturated rings. The monoisotopic (exact) mass is 331 g/mol. The van der Waals surface area contributed by atoms with E-state index < -0.39 is 11.9 Å². The maximum absolute atomic E-state index is 13.0. The van der Waals surface area contributed by atoms with Crippen molar-refractivity contribution in [3.8, 4) is 0 Å². The Bertz CT molecular complexity index is 574. The average Bonchev–Trinajstić information content (AvgIpc) is 2.97. The predicted molar refractivity (Wildman–Crippen MR) is 83.0 cm³/mol. The molecule has 1 aromatic heterocycles. The molecule has 130 valence electrons. The predicted octanol–water partition coefficient (Wildman–Crippen LogP) is 2.64. The van der Waals surface area contributed by atoms with E-state index in [0.717, 1.165) is 19.5 Å². The van der Waals surface area contributed by atoms with Gasteiger partial charge in [-0.3, -0.25) is 4.68 Å². The van der Waals surface area contributed by atoms with E-state index in [2.05, 4.69) is 34.2 Å². The number of aromatic nitrogens is 2. The lowest BCUT2D eigenvalue weighted by Gasteiger charge is -2.23. The van der Waals surface area contributed by atoms with Gasteiger partial charge in [-0.15, -0.1) is 0 Å². The first-order chi connectivity index (χ1) is 10.6. The second kappa shape index (κ2) is 6.41. The highest BCUT2D eigenvalue weighted by atomic mass is 19.4. The van der Waals surface area contributed by atoms with Crippen molar-refractivity contribution in [1.82, 2.24) is 20.0 Å². The summed E-state index contributed by atoms with van der Waals surface area (Å²) in [5, 5.41) is 6.68. The van der Waals surface area contributed by atoms with E-state index in [1.165, 1.54) is 17.9 Å². The van der Waals surface area contributed by atoms with Crippen molar-refractivity contribution in [2.24, 2.45) is 17.5 Å². The van der Waals surface area contributed by atoms with E-state index >= 15 is 0 Å². The van der Waals surface area contributed by atoms with Gasteiger partial charge in [0.05, 0.1) is 6.54 Å². The summed E-state index contributed by atoms with van der Waals surface area (Å²) in [7, 11) is 1.48. The van der Waals surface area contributed by atoms with Crippen molar-refractivity contribution in [3.63, 3.8) is 0 Å². The molecule has 0 aromatic carbocycles. The third kappa shape index (κ3) is 4.39. The summed E-state index contributed by atoms with van der Waals surface area (Å²) in [6, 6.07) is 0. The Morgan fingerprint density at radius 3 is 2.65 bits per heavy atom. The highest BCUT2D eigenvalue weighted by molar-refractivity contribution is 5.80. The summed E-state index contributed by atoms with van der Waals surface area (Å²) in [6.45, 7) is 8.65. The summed E-state index contributed by atoms with van der Waals surface area (Å²) in [4.78, 5) is 6.50. The second-order valence-electron chi connectivity index (χ2n) is 6.68. The van der Waals surface area contributed by atoms with Crippen LogP contribution in [0.4, 0.5) is 13.2 Å². The van der Waals surface area contributed by atoms with E-state index in [-0.39, 0.29) is 17.5 Å². The van der Waals surface area contributed by atoms with Crippen LogP contribution in [0.5, 0.6) is 0 Å². The van der Waals surface area contributed by atoms with Crippen molar-refractivity contribution in [3.05, 3.63) is 17.5 Å². The topological polar surface area (TPSA) is 45.5 Å². The van der Waals surface area contributed by atoms with E-state index in [0.29, 0.717) is 12.5 Å². The molecule has 2 heterocycles. The number of aryl methyl sites for hydroxylation is 1. The van der Waals surface area contributed by atoms with Crippen LogP contribution < -0.4 is 5.32 Å². The fourth-order valence-electron chi connectivity index (χ4n) is 2.77. The van der Waals surface area contributed by atoms with Crippen molar-refractivity contribution >= 4 is 5.96 Å². The molecule has 1 saturated heterocycles. The number of likely N-dealkylation sites (tertiary alicyclic amines) is 1. The van der Waals surface area contributed by atoms with Crippen molar-refractivity contribution in [2.75, 3.05) is 19.6 Å². The molecule has 0 saturated carbocycles. The minimum atomic E-state index is -4.46. The summed E-state index contributed by atoms with van der Waals surface area (Å²) in [5.41, 5.74) is -0.572. The van der Waals surface area contributed by atoms with E-state index in [1.807, 2.05) is 6.92 Å². The molecule has 0 radical (unpaired) electrons. The van der Waals surface area contributed by atoms with Crippen LogP contribution in [0.3, 0.4) is 0 Å². The first-order valence-corrected chi connectivity index (χ1v) is 7.75. The SMILES string of the molecule is CCNC(=NCc1cn(C)nc1C(F)(F)F)N1CCC(C)(C)C1. The number of hydrogen-bond acceptors (Lipinski definition) is 2. The molecular formula is C15H24F3N5. The fourth-order valence-corrected chi connectivity index (χ4v) is 2.77. The molecule has 0 atom stereocenters. The maximum atomic E-state index is 13.0. The lowest BCUT2D eigenvalue weighted by atomic mass is 9.93. The molecule has 0 bridgehead atoms. The lowest BCUT2D eigenvalue weighted by molar-refractivity contribution is -0.142. The van der Waals surface area contributed by atoms with Gasteiger partial charge in [0.1, 0.15) is 0 Å². The van der Waals surface area contributed by atoms with Gasteiger partial charge in [-0.1, -0.05) is 13.8 Å². The molecule has 0 aliphatic carbocycles. The zero-order valence-electron chi connectivity index (χ0n) is 14.0. The number of nitrogens with one attached hydrogen (secondary N) is 1. The Morgan fingerprint density at radius 1 is 1.43 bits per heavy atom. The molecule has 23 heavy (non-hydrogen) atoms. The van der Waals surface area contributed by atoms with E-state index in [9.17, 15) is 13.2 Å². The maximum Gasteiger partial charge on any atom is 0.435 e. The van der Waals surface area contributed by atoms with Crippen molar-refractivity contribution in [2.45, 2.75) is 39.9 Å². The zero-order chi connectivity index (χ0) is 17.3. The molecule has 0 amide bonds. The molecule has 0 spiro atoms. The summed E-state index contributed by atoms with van der Waals surface area (Å²) >= 11 is 0. The minimum absolute atomic E-state index is 0.0397. The Morgan fingerprint density at radius 2 is 2.13 bits per heavy atom. The molecular weight excluding hydrogens is 307 g/mol. The Kier molecular flexibility index (Phi) is 4.91. The van der Waals surface area contributed by atoms with Gasteiger partial charge >= 0.3 is 6.18 Å². The van der Waals surface area contributed by atoms with Crippen LogP contribution in [-0.4, -0.2) is 40.3 Å². The van der Waals surface area contributed by atoms with Gasteiger partial charge in [0.2, 0.25) is 0 Å². The van der Waals surface area contributed by atoms with Gasteiger partial charge in [0.15, 0.2) is 11.7 Å². The van der Waals surface area contributed by atoms with Crippen LogP contribution in [0.15, 0.2) is 11.2 Å². The molecule has 8 heteroatoms. The number of alkyl halides is 3. The van der Waals surface area contributed by atoms with Crippen molar-refractivity contribution < 1.29 is 13.2 Å².